The van der Waals surface area contributed by atoms with Crippen LogP contribution in [0.2, 0.25) is 0 Å². The van der Waals surface area contributed by atoms with Crippen molar-refractivity contribution < 1.29 is 14.6 Å². The number of rotatable bonds is 9. The summed E-state index contributed by atoms with van der Waals surface area (Å²) in [5, 5.41) is 11.9. The van der Waals surface area contributed by atoms with E-state index in [1.165, 1.54) is 16.2 Å². The molecule has 1 amide bonds. The van der Waals surface area contributed by atoms with Gasteiger partial charge in [0.25, 0.3) is 11.5 Å². The number of amides is 1. The van der Waals surface area contributed by atoms with Crippen LogP contribution in [-0.4, -0.2) is 62.5 Å². The fraction of sp³-hybridized carbons (Fsp3) is 0.400. The number of hydrogen-bond acceptors (Lipinski definition) is 8. The highest BCUT2D eigenvalue weighted by atomic mass is 32.2. The Balaban J connectivity index is 2.01. The van der Waals surface area contributed by atoms with Crippen molar-refractivity contribution in [3.63, 3.8) is 0 Å². The first kappa shape index (κ1) is 22.4. The number of pyridine rings is 1. The van der Waals surface area contributed by atoms with Gasteiger partial charge in [0.05, 0.1) is 30.3 Å². The van der Waals surface area contributed by atoms with Crippen molar-refractivity contribution in [2.75, 3.05) is 38.2 Å². The smallest absolute Gasteiger partial charge is 0.267 e. The number of fused-ring (bicyclic) bond motifs is 1. The summed E-state index contributed by atoms with van der Waals surface area (Å²) >= 11 is 6.51. The van der Waals surface area contributed by atoms with Crippen LogP contribution in [-0.2, 0) is 9.53 Å². The Bertz CT molecular complexity index is 1050. The maximum Gasteiger partial charge on any atom is 0.267 e. The fourth-order valence-corrected chi connectivity index (χ4v) is 4.27. The number of aliphatic hydroxyl groups excluding tert-OH is 1. The van der Waals surface area contributed by atoms with E-state index in [0.29, 0.717) is 40.4 Å². The van der Waals surface area contributed by atoms with E-state index < -0.39 is 0 Å². The van der Waals surface area contributed by atoms with E-state index in [4.69, 9.17) is 22.1 Å². The van der Waals surface area contributed by atoms with Gasteiger partial charge in [-0.1, -0.05) is 37.0 Å². The first-order valence-electron chi connectivity index (χ1n) is 9.67. The largest absolute Gasteiger partial charge is 0.394 e. The third kappa shape index (κ3) is 4.89. The number of thiocarbonyl (C=S) groups is 1. The number of carbonyl (C=O) groups excluding carboxylic acids is 1. The van der Waals surface area contributed by atoms with Crippen molar-refractivity contribution in [3.05, 3.63) is 44.7 Å². The Labute approximate surface area is 183 Å². The van der Waals surface area contributed by atoms with Crippen molar-refractivity contribution in [2.24, 2.45) is 0 Å². The van der Waals surface area contributed by atoms with Crippen molar-refractivity contribution in [1.29, 1.82) is 0 Å². The summed E-state index contributed by atoms with van der Waals surface area (Å²) in [5.41, 5.74) is 1.44. The first-order chi connectivity index (χ1) is 14.5. The van der Waals surface area contributed by atoms with Crippen LogP contribution in [0.5, 0.6) is 0 Å². The lowest BCUT2D eigenvalue weighted by molar-refractivity contribution is -0.122. The molecule has 10 heteroatoms. The molecule has 160 valence electrons. The molecule has 8 nitrogen and oxygen atoms in total. The highest BCUT2D eigenvalue weighted by Gasteiger charge is 2.31. The second-order valence-corrected chi connectivity index (χ2v) is 8.39. The first-order valence-corrected chi connectivity index (χ1v) is 10.9. The number of aromatic nitrogens is 2. The van der Waals surface area contributed by atoms with Crippen LogP contribution in [0.4, 0.5) is 5.82 Å². The van der Waals surface area contributed by atoms with Gasteiger partial charge in [0, 0.05) is 19.3 Å². The second kappa shape index (κ2) is 10.2. The molecule has 0 aliphatic carbocycles. The zero-order valence-electron chi connectivity index (χ0n) is 16.9. The van der Waals surface area contributed by atoms with Crippen LogP contribution in [0.3, 0.4) is 0 Å². The molecule has 2 aromatic rings. The second-order valence-electron chi connectivity index (χ2n) is 6.71. The molecule has 3 heterocycles. The molecule has 3 rings (SSSR count). The summed E-state index contributed by atoms with van der Waals surface area (Å²) in [7, 11) is 0. The van der Waals surface area contributed by atoms with Gasteiger partial charge in [0.1, 0.15) is 15.8 Å². The molecule has 2 aromatic heterocycles. The van der Waals surface area contributed by atoms with Crippen molar-refractivity contribution in [2.45, 2.75) is 20.3 Å². The number of anilines is 1. The molecule has 0 spiro atoms. The van der Waals surface area contributed by atoms with Gasteiger partial charge in [-0.2, -0.15) is 0 Å². The van der Waals surface area contributed by atoms with E-state index in [1.807, 2.05) is 19.9 Å². The standard InChI is InChI=1S/C20H24N4O4S2/c1-3-7-23-19(27)15(30-20(23)29)11-14-17(21-6-9-28-10-8-25)22-16-5-4-13(2)12-24(16)18(14)26/h4-5,11-12,21,25H,3,6-10H2,1-2H3/b15-11+. The summed E-state index contributed by atoms with van der Waals surface area (Å²) < 4.78 is 7.23. The number of nitrogens with one attached hydrogen (secondary N) is 1. The zero-order chi connectivity index (χ0) is 21.7. The lowest BCUT2D eigenvalue weighted by atomic mass is 10.2. The molecule has 0 atom stereocenters. The van der Waals surface area contributed by atoms with E-state index in [0.717, 1.165) is 12.0 Å². The number of thioether (sulfide) groups is 1. The van der Waals surface area contributed by atoms with Crippen molar-refractivity contribution in [3.8, 4) is 0 Å². The molecular formula is C20H24N4O4S2. The molecule has 30 heavy (non-hydrogen) atoms. The number of nitrogens with zero attached hydrogens (tertiary/aromatic N) is 3. The van der Waals surface area contributed by atoms with Crippen molar-refractivity contribution >= 4 is 51.7 Å². The molecule has 0 unspecified atom stereocenters. The molecule has 1 aliphatic heterocycles. The van der Waals surface area contributed by atoms with Gasteiger partial charge >= 0.3 is 0 Å². The molecule has 0 saturated carbocycles. The Hall–Kier alpha value is -2.27. The van der Waals surface area contributed by atoms with Crippen LogP contribution in [0, 0.1) is 6.92 Å². The Morgan fingerprint density at radius 3 is 2.87 bits per heavy atom. The normalized spacial score (nSPS) is 15.6. The van der Waals surface area contributed by atoms with E-state index in [-0.39, 0.29) is 30.2 Å². The molecule has 1 fully saturated rings. The summed E-state index contributed by atoms with van der Waals surface area (Å²) in [5.74, 6) is 0.176. The minimum absolute atomic E-state index is 0.0558. The lowest BCUT2D eigenvalue weighted by Gasteiger charge is -2.13. The SMILES string of the molecule is CCCN1C(=O)/C(=C\c2c(NCCOCCO)nc3ccc(C)cn3c2=O)SC1=S. The summed E-state index contributed by atoms with van der Waals surface area (Å²) in [6.45, 7) is 5.33. The van der Waals surface area contributed by atoms with Gasteiger partial charge in [-0.15, -0.1) is 0 Å². The molecule has 0 aromatic carbocycles. The maximum absolute atomic E-state index is 13.2. The van der Waals surface area contributed by atoms with Crippen LogP contribution in [0.1, 0.15) is 24.5 Å². The van der Waals surface area contributed by atoms with Gasteiger partial charge in [0.2, 0.25) is 0 Å². The van der Waals surface area contributed by atoms with Gasteiger partial charge in [-0.25, -0.2) is 4.98 Å². The topological polar surface area (TPSA) is 96.2 Å². The van der Waals surface area contributed by atoms with Crippen LogP contribution in [0.15, 0.2) is 28.0 Å². The van der Waals surface area contributed by atoms with Gasteiger partial charge in [0.15, 0.2) is 0 Å². The maximum atomic E-state index is 13.2. The predicted octanol–water partition coefficient (Wildman–Crippen LogP) is 2.03. The number of carbonyl (C=O) groups is 1. The van der Waals surface area contributed by atoms with Crippen LogP contribution in [0.25, 0.3) is 11.7 Å². The van der Waals surface area contributed by atoms with Gasteiger partial charge < -0.3 is 15.2 Å². The molecule has 1 saturated heterocycles. The van der Waals surface area contributed by atoms with E-state index in [1.54, 1.807) is 23.2 Å². The average molecular weight is 449 g/mol. The summed E-state index contributed by atoms with van der Waals surface area (Å²) in [6, 6.07) is 3.65. The van der Waals surface area contributed by atoms with E-state index in [2.05, 4.69) is 10.3 Å². The van der Waals surface area contributed by atoms with Gasteiger partial charge in [-0.3, -0.25) is 18.9 Å². The third-order valence-electron chi connectivity index (χ3n) is 4.38. The monoisotopic (exact) mass is 448 g/mol. The Kier molecular flexibility index (Phi) is 7.59. The molecule has 2 N–H and O–H groups in total. The Morgan fingerprint density at radius 1 is 1.33 bits per heavy atom. The highest BCUT2D eigenvalue weighted by molar-refractivity contribution is 8.26. The quantitative estimate of drug-likeness (QED) is 0.342. The molecule has 0 radical (unpaired) electrons. The van der Waals surface area contributed by atoms with Crippen molar-refractivity contribution in [1.82, 2.24) is 14.3 Å². The molecule has 1 aliphatic rings. The average Bonchev–Trinajstić information content (AvgIpc) is 2.98. The summed E-state index contributed by atoms with van der Waals surface area (Å²) in [6.07, 6.45) is 4.08. The number of ether oxygens (including phenoxy) is 1. The van der Waals surface area contributed by atoms with Gasteiger partial charge in [-0.05, 0) is 31.1 Å². The number of aryl methyl sites for hydroxylation is 1. The highest BCUT2D eigenvalue weighted by Crippen LogP contribution is 2.33. The fourth-order valence-electron chi connectivity index (χ4n) is 2.98. The van der Waals surface area contributed by atoms with E-state index >= 15 is 0 Å². The summed E-state index contributed by atoms with van der Waals surface area (Å²) in [4.78, 5) is 32.5. The predicted molar refractivity (Wildman–Crippen MR) is 123 cm³/mol. The zero-order valence-corrected chi connectivity index (χ0v) is 18.5. The van der Waals surface area contributed by atoms with E-state index in [9.17, 15) is 9.59 Å². The van der Waals surface area contributed by atoms with Crippen LogP contribution >= 0.6 is 24.0 Å². The number of aliphatic hydroxyl groups is 1. The number of hydrogen-bond donors (Lipinski definition) is 2. The minimum atomic E-state index is -0.275. The molecular weight excluding hydrogens is 424 g/mol. The lowest BCUT2D eigenvalue weighted by Crippen LogP contribution is -2.28. The van der Waals surface area contributed by atoms with Crippen LogP contribution < -0.4 is 10.9 Å². The Morgan fingerprint density at radius 2 is 2.13 bits per heavy atom. The minimum Gasteiger partial charge on any atom is -0.394 e. The molecule has 0 bridgehead atoms. The third-order valence-corrected chi connectivity index (χ3v) is 5.75.